The molecule has 1 nitrogen and oxygen atoms in total. The van der Waals surface area contributed by atoms with E-state index in [0.717, 1.165) is 17.7 Å². The molecular weight excluding hydrogens is 211 g/mol. The Kier molecular flexibility index (Phi) is 3.65. The average Bonchev–Trinajstić information content (AvgIpc) is 2.30. The summed E-state index contributed by atoms with van der Waals surface area (Å²) in [5, 5.41) is 0.152. The van der Waals surface area contributed by atoms with Gasteiger partial charge < -0.3 is 4.55 Å². The third-order valence-electron chi connectivity index (χ3n) is 2.88. The van der Waals surface area contributed by atoms with E-state index in [4.69, 9.17) is 0 Å². The first kappa shape index (κ1) is 11.0. The number of alkyl halides is 1. The van der Waals surface area contributed by atoms with Crippen molar-refractivity contribution in [1.82, 2.24) is 0 Å². The molecular formula is C12H15FOS. The van der Waals surface area contributed by atoms with E-state index in [1.807, 2.05) is 30.3 Å². The Morgan fingerprint density at radius 1 is 1.07 bits per heavy atom. The van der Waals surface area contributed by atoms with Gasteiger partial charge in [0.2, 0.25) is 0 Å². The maximum Gasteiger partial charge on any atom is 0.152 e. The molecule has 1 atom stereocenters. The van der Waals surface area contributed by atoms with Gasteiger partial charge in [0.05, 0.1) is 0 Å². The highest BCUT2D eigenvalue weighted by atomic mass is 32.2. The zero-order valence-electron chi connectivity index (χ0n) is 8.56. The summed E-state index contributed by atoms with van der Waals surface area (Å²) in [5.74, 6) is 0. The quantitative estimate of drug-likeness (QED) is 0.711. The Labute approximate surface area is 92.9 Å². The van der Waals surface area contributed by atoms with Gasteiger partial charge in [-0.3, -0.25) is 0 Å². The second kappa shape index (κ2) is 4.99. The van der Waals surface area contributed by atoms with Crippen molar-refractivity contribution in [2.75, 3.05) is 0 Å². The van der Waals surface area contributed by atoms with E-state index < -0.39 is 17.3 Å². The van der Waals surface area contributed by atoms with Gasteiger partial charge in [0.25, 0.3) is 0 Å². The minimum atomic E-state index is -0.951. The van der Waals surface area contributed by atoms with Gasteiger partial charge in [0, 0.05) is 0 Å². The van der Waals surface area contributed by atoms with Gasteiger partial charge in [-0.25, -0.2) is 4.39 Å². The van der Waals surface area contributed by atoms with Crippen LogP contribution in [-0.2, 0) is 11.2 Å². The van der Waals surface area contributed by atoms with E-state index in [0.29, 0.717) is 12.8 Å². The Bertz CT molecular complexity index is 296. The molecule has 0 heterocycles. The summed E-state index contributed by atoms with van der Waals surface area (Å²) in [6.07, 6.45) is 1.98. The third-order valence-corrected chi connectivity index (χ3v) is 4.70. The van der Waals surface area contributed by atoms with Crippen molar-refractivity contribution in [3.05, 3.63) is 30.3 Å². The predicted octanol–water partition coefficient (Wildman–Crippen LogP) is 3.07. The molecule has 1 aliphatic rings. The maximum atomic E-state index is 12.9. The van der Waals surface area contributed by atoms with Crippen molar-refractivity contribution in [2.24, 2.45) is 0 Å². The van der Waals surface area contributed by atoms with Crippen LogP contribution in [0.15, 0.2) is 35.2 Å². The summed E-state index contributed by atoms with van der Waals surface area (Å²) in [6.45, 7) is 0. The highest BCUT2D eigenvalue weighted by Gasteiger charge is 2.30. The van der Waals surface area contributed by atoms with Gasteiger partial charge in [-0.1, -0.05) is 18.2 Å². The number of rotatable bonds is 2. The van der Waals surface area contributed by atoms with Gasteiger partial charge in [-0.2, -0.15) is 0 Å². The summed E-state index contributed by atoms with van der Waals surface area (Å²) >= 11 is -0.951. The van der Waals surface area contributed by atoms with Crippen LogP contribution in [0.1, 0.15) is 25.7 Å². The highest BCUT2D eigenvalue weighted by molar-refractivity contribution is 7.92. The topological polar surface area (TPSA) is 23.1 Å². The van der Waals surface area contributed by atoms with Crippen LogP contribution in [-0.4, -0.2) is 16.0 Å². The first-order valence-corrected chi connectivity index (χ1v) is 6.58. The molecule has 1 aromatic carbocycles. The third kappa shape index (κ3) is 2.73. The molecule has 3 heteroatoms. The first-order valence-electron chi connectivity index (χ1n) is 5.37. The van der Waals surface area contributed by atoms with Crippen LogP contribution in [0.25, 0.3) is 0 Å². The lowest BCUT2D eigenvalue weighted by molar-refractivity contribution is 0.252. The van der Waals surface area contributed by atoms with Gasteiger partial charge in [-0.05, 0) is 49.0 Å². The van der Waals surface area contributed by atoms with Gasteiger partial charge in [-0.15, -0.1) is 0 Å². The molecule has 0 radical (unpaired) electrons. The number of halogens is 1. The van der Waals surface area contributed by atoms with E-state index in [1.54, 1.807) is 0 Å². The van der Waals surface area contributed by atoms with E-state index in [1.165, 1.54) is 0 Å². The normalized spacial score (nSPS) is 28.7. The Morgan fingerprint density at radius 2 is 1.67 bits per heavy atom. The lowest BCUT2D eigenvalue weighted by Crippen LogP contribution is -2.27. The molecule has 0 spiro atoms. The first-order chi connectivity index (χ1) is 7.27. The molecule has 1 fully saturated rings. The summed E-state index contributed by atoms with van der Waals surface area (Å²) < 4.78 is 25.0. The second-order valence-corrected chi connectivity index (χ2v) is 5.72. The number of benzene rings is 1. The fourth-order valence-corrected chi connectivity index (χ4v) is 3.49. The van der Waals surface area contributed by atoms with Crippen molar-refractivity contribution in [2.45, 2.75) is 42.0 Å². The summed E-state index contributed by atoms with van der Waals surface area (Å²) in [7, 11) is 0. The lowest BCUT2D eigenvalue weighted by atomic mass is 9.98. The van der Waals surface area contributed by atoms with Gasteiger partial charge in [0.15, 0.2) is 4.90 Å². The molecule has 82 valence electrons. The van der Waals surface area contributed by atoms with Crippen LogP contribution in [0.4, 0.5) is 4.39 Å². The highest BCUT2D eigenvalue weighted by Crippen LogP contribution is 2.29. The molecule has 1 saturated carbocycles. The van der Waals surface area contributed by atoms with Crippen LogP contribution in [0.3, 0.4) is 0 Å². The van der Waals surface area contributed by atoms with Crippen LogP contribution in [0, 0.1) is 0 Å². The largest absolute Gasteiger partial charge is 0.611 e. The Morgan fingerprint density at radius 3 is 2.27 bits per heavy atom. The molecule has 1 unspecified atom stereocenters. The molecule has 0 N–H and O–H groups in total. The smallest absolute Gasteiger partial charge is 0.152 e. The van der Waals surface area contributed by atoms with Gasteiger partial charge in [0.1, 0.15) is 11.4 Å². The maximum absolute atomic E-state index is 12.9. The molecule has 0 bridgehead atoms. The van der Waals surface area contributed by atoms with Crippen LogP contribution < -0.4 is 0 Å². The molecule has 0 aliphatic heterocycles. The molecule has 1 aromatic rings. The Balaban J connectivity index is 1.99. The van der Waals surface area contributed by atoms with E-state index in [-0.39, 0.29) is 5.25 Å². The number of hydrogen-bond donors (Lipinski definition) is 0. The standard InChI is InChI=1S/C12H15FOS/c13-10-6-8-12(9-7-10)15(14)11-4-2-1-3-5-11/h1-5,10,12H,6-9H2. The molecule has 0 amide bonds. The zero-order chi connectivity index (χ0) is 10.7. The summed E-state index contributed by atoms with van der Waals surface area (Å²) in [4.78, 5) is 0.875. The molecule has 0 saturated heterocycles. The van der Waals surface area contributed by atoms with E-state index >= 15 is 0 Å². The molecule has 0 aromatic heterocycles. The lowest BCUT2D eigenvalue weighted by Gasteiger charge is -2.26. The fourth-order valence-electron chi connectivity index (χ4n) is 1.98. The SMILES string of the molecule is [O-][S+](c1ccccc1)C1CCC(F)CC1. The van der Waals surface area contributed by atoms with E-state index in [2.05, 4.69) is 0 Å². The minimum absolute atomic E-state index is 0.152. The Hall–Kier alpha value is -0.540. The van der Waals surface area contributed by atoms with Crippen LogP contribution >= 0.6 is 0 Å². The molecule has 1 aliphatic carbocycles. The second-order valence-electron chi connectivity index (χ2n) is 3.98. The van der Waals surface area contributed by atoms with Crippen molar-refractivity contribution < 1.29 is 8.94 Å². The van der Waals surface area contributed by atoms with E-state index in [9.17, 15) is 8.94 Å². The van der Waals surface area contributed by atoms with Crippen LogP contribution in [0.2, 0.25) is 0 Å². The predicted molar refractivity (Wildman–Crippen MR) is 60.0 cm³/mol. The number of hydrogen-bond acceptors (Lipinski definition) is 1. The van der Waals surface area contributed by atoms with Crippen molar-refractivity contribution >= 4 is 11.2 Å². The summed E-state index contributed by atoms with van der Waals surface area (Å²) in [6, 6.07) is 9.48. The summed E-state index contributed by atoms with van der Waals surface area (Å²) in [5.41, 5.74) is 0. The molecule has 15 heavy (non-hydrogen) atoms. The van der Waals surface area contributed by atoms with Gasteiger partial charge >= 0.3 is 0 Å². The molecule has 2 rings (SSSR count). The van der Waals surface area contributed by atoms with Crippen molar-refractivity contribution in [1.29, 1.82) is 0 Å². The zero-order valence-corrected chi connectivity index (χ0v) is 9.38. The van der Waals surface area contributed by atoms with Crippen LogP contribution in [0.5, 0.6) is 0 Å². The van der Waals surface area contributed by atoms with Crippen molar-refractivity contribution in [3.8, 4) is 0 Å². The fraction of sp³-hybridized carbons (Fsp3) is 0.500. The average molecular weight is 226 g/mol. The monoisotopic (exact) mass is 226 g/mol. The minimum Gasteiger partial charge on any atom is -0.611 e. The van der Waals surface area contributed by atoms with Crippen molar-refractivity contribution in [3.63, 3.8) is 0 Å².